The highest BCUT2D eigenvalue weighted by Gasteiger charge is 2.21. The number of hydrogen-bond donors (Lipinski definition) is 1. The van der Waals surface area contributed by atoms with E-state index in [1.54, 1.807) is 6.07 Å². The van der Waals surface area contributed by atoms with Crippen molar-refractivity contribution in [2.24, 2.45) is 0 Å². The molecular weight excluding hydrogens is 179 g/mol. The molecule has 1 N–H and O–H groups in total. The van der Waals surface area contributed by atoms with Gasteiger partial charge in [-0.2, -0.15) is 0 Å². The number of nitrogens with zero attached hydrogens (tertiary/aromatic N) is 1. The van der Waals surface area contributed by atoms with Crippen molar-refractivity contribution in [3.05, 3.63) is 29.8 Å². The maximum atomic E-state index is 12.6. The first-order valence-electron chi connectivity index (χ1n) is 5.10. The summed E-state index contributed by atoms with van der Waals surface area (Å²) >= 11 is 0. The van der Waals surface area contributed by atoms with Crippen LogP contribution in [0.4, 0.5) is 4.39 Å². The van der Waals surface area contributed by atoms with E-state index in [0.717, 1.165) is 18.3 Å². The first kappa shape index (κ1) is 9.59. The third-order valence-corrected chi connectivity index (χ3v) is 2.55. The van der Waals surface area contributed by atoms with Crippen LogP contribution in [-0.4, -0.2) is 17.6 Å². The first-order valence-corrected chi connectivity index (χ1v) is 5.10. The van der Waals surface area contributed by atoms with Gasteiger partial charge in [-0.05, 0) is 25.0 Å². The number of rotatable bonds is 4. The zero-order valence-corrected chi connectivity index (χ0v) is 8.33. The van der Waals surface area contributed by atoms with Crippen molar-refractivity contribution in [1.82, 2.24) is 10.3 Å². The molecule has 1 unspecified atom stereocenters. The van der Waals surface area contributed by atoms with Crippen molar-refractivity contribution >= 4 is 0 Å². The van der Waals surface area contributed by atoms with Gasteiger partial charge in [-0.15, -0.1) is 0 Å². The number of halogens is 1. The molecule has 76 valence electrons. The fourth-order valence-electron chi connectivity index (χ4n) is 1.41. The quantitative estimate of drug-likeness (QED) is 0.793. The van der Waals surface area contributed by atoms with Gasteiger partial charge in [0.2, 0.25) is 0 Å². The SMILES string of the molecule is CC(CNC1CC1)c1ccc(F)cn1. The minimum atomic E-state index is -0.267. The van der Waals surface area contributed by atoms with Crippen LogP contribution in [0.15, 0.2) is 18.3 Å². The summed E-state index contributed by atoms with van der Waals surface area (Å²) in [4.78, 5) is 4.06. The lowest BCUT2D eigenvalue weighted by atomic mass is 10.1. The number of hydrogen-bond acceptors (Lipinski definition) is 2. The predicted molar refractivity (Wildman–Crippen MR) is 53.6 cm³/mol. The summed E-state index contributed by atoms with van der Waals surface area (Å²) in [6, 6.07) is 3.95. The molecule has 1 saturated carbocycles. The normalized spacial score (nSPS) is 18.1. The van der Waals surface area contributed by atoms with Gasteiger partial charge in [0.1, 0.15) is 5.82 Å². The van der Waals surface area contributed by atoms with Crippen LogP contribution in [0, 0.1) is 5.82 Å². The molecule has 1 aromatic heterocycles. The molecule has 0 saturated heterocycles. The Morgan fingerprint density at radius 2 is 2.36 bits per heavy atom. The van der Waals surface area contributed by atoms with E-state index in [1.165, 1.54) is 25.1 Å². The van der Waals surface area contributed by atoms with E-state index < -0.39 is 0 Å². The smallest absolute Gasteiger partial charge is 0.141 e. The van der Waals surface area contributed by atoms with Crippen molar-refractivity contribution in [1.29, 1.82) is 0 Å². The highest BCUT2D eigenvalue weighted by atomic mass is 19.1. The summed E-state index contributed by atoms with van der Waals surface area (Å²) in [7, 11) is 0. The van der Waals surface area contributed by atoms with Gasteiger partial charge in [-0.1, -0.05) is 6.92 Å². The summed E-state index contributed by atoms with van der Waals surface area (Å²) in [5.74, 6) is 0.0901. The van der Waals surface area contributed by atoms with Crippen LogP contribution in [0.25, 0.3) is 0 Å². The molecule has 1 aliphatic rings. The lowest BCUT2D eigenvalue weighted by Crippen LogP contribution is -2.22. The largest absolute Gasteiger partial charge is 0.313 e. The van der Waals surface area contributed by atoms with E-state index in [0.29, 0.717) is 5.92 Å². The molecule has 1 aliphatic carbocycles. The number of pyridine rings is 1. The minimum Gasteiger partial charge on any atom is -0.313 e. The van der Waals surface area contributed by atoms with Crippen molar-refractivity contribution in [3.63, 3.8) is 0 Å². The van der Waals surface area contributed by atoms with Crippen LogP contribution in [0.1, 0.15) is 31.4 Å². The van der Waals surface area contributed by atoms with Gasteiger partial charge >= 0.3 is 0 Å². The summed E-state index contributed by atoms with van der Waals surface area (Å²) < 4.78 is 12.6. The molecule has 0 aliphatic heterocycles. The summed E-state index contributed by atoms with van der Waals surface area (Å²) in [6.45, 7) is 3.04. The van der Waals surface area contributed by atoms with Gasteiger partial charge in [0.05, 0.1) is 6.20 Å². The molecule has 1 aromatic rings. The Bertz CT molecular complexity index is 293. The monoisotopic (exact) mass is 194 g/mol. The second kappa shape index (κ2) is 4.05. The average Bonchev–Trinajstić information content (AvgIpc) is 2.99. The van der Waals surface area contributed by atoms with Gasteiger partial charge in [0.25, 0.3) is 0 Å². The zero-order valence-electron chi connectivity index (χ0n) is 8.33. The highest BCUT2D eigenvalue weighted by molar-refractivity contribution is 5.10. The Morgan fingerprint density at radius 1 is 1.57 bits per heavy atom. The second-order valence-corrected chi connectivity index (χ2v) is 3.98. The van der Waals surface area contributed by atoms with Gasteiger partial charge in [0.15, 0.2) is 0 Å². The van der Waals surface area contributed by atoms with E-state index in [9.17, 15) is 4.39 Å². The van der Waals surface area contributed by atoms with Crippen LogP contribution >= 0.6 is 0 Å². The first-order chi connectivity index (χ1) is 6.75. The number of aromatic nitrogens is 1. The fraction of sp³-hybridized carbons (Fsp3) is 0.545. The molecule has 0 spiro atoms. The molecule has 0 amide bonds. The second-order valence-electron chi connectivity index (χ2n) is 3.98. The van der Waals surface area contributed by atoms with Gasteiger partial charge in [-0.25, -0.2) is 4.39 Å². The van der Waals surface area contributed by atoms with E-state index in [4.69, 9.17) is 0 Å². The van der Waals surface area contributed by atoms with Crippen molar-refractivity contribution < 1.29 is 4.39 Å². The molecule has 1 heterocycles. The fourth-order valence-corrected chi connectivity index (χ4v) is 1.41. The lowest BCUT2D eigenvalue weighted by Gasteiger charge is -2.11. The molecule has 0 radical (unpaired) electrons. The third-order valence-electron chi connectivity index (χ3n) is 2.55. The Hall–Kier alpha value is -0.960. The maximum absolute atomic E-state index is 12.6. The maximum Gasteiger partial charge on any atom is 0.141 e. The summed E-state index contributed by atoms with van der Waals surface area (Å²) in [6.07, 6.45) is 3.87. The molecule has 2 nitrogen and oxygen atoms in total. The predicted octanol–water partition coefficient (Wildman–Crippen LogP) is 2.08. The summed E-state index contributed by atoms with van der Waals surface area (Å²) in [5.41, 5.74) is 0.958. The van der Waals surface area contributed by atoms with E-state index in [2.05, 4.69) is 17.2 Å². The highest BCUT2D eigenvalue weighted by Crippen LogP contribution is 2.20. The van der Waals surface area contributed by atoms with E-state index in [-0.39, 0.29) is 5.82 Å². The van der Waals surface area contributed by atoms with E-state index in [1.807, 2.05) is 0 Å². The van der Waals surface area contributed by atoms with Crippen LogP contribution < -0.4 is 5.32 Å². The molecule has 14 heavy (non-hydrogen) atoms. The van der Waals surface area contributed by atoms with Crippen LogP contribution in [0.2, 0.25) is 0 Å². The van der Waals surface area contributed by atoms with Crippen LogP contribution in [0.5, 0.6) is 0 Å². The summed E-state index contributed by atoms with van der Waals surface area (Å²) in [5, 5.41) is 3.44. The van der Waals surface area contributed by atoms with Gasteiger partial charge in [-0.3, -0.25) is 4.98 Å². The molecule has 1 fully saturated rings. The Labute approximate surface area is 83.6 Å². The van der Waals surface area contributed by atoms with Crippen molar-refractivity contribution in [3.8, 4) is 0 Å². The Kier molecular flexibility index (Phi) is 2.77. The van der Waals surface area contributed by atoms with Gasteiger partial charge in [0, 0.05) is 24.2 Å². The lowest BCUT2D eigenvalue weighted by molar-refractivity contribution is 0.589. The topological polar surface area (TPSA) is 24.9 Å². The van der Waals surface area contributed by atoms with Crippen molar-refractivity contribution in [2.75, 3.05) is 6.54 Å². The molecular formula is C11H15FN2. The zero-order chi connectivity index (χ0) is 9.97. The molecule has 1 atom stereocenters. The minimum absolute atomic E-state index is 0.267. The van der Waals surface area contributed by atoms with Gasteiger partial charge < -0.3 is 5.32 Å². The standard InChI is InChI=1S/C11H15FN2/c1-8(6-13-10-3-4-10)11-5-2-9(12)7-14-11/h2,5,7-8,10,13H,3-4,6H2,1H3. The van der Waals surface area contributed by atoms with Crippen LogP contribution in [0.3, 0.4) is 0 Å². The third kappa shape index (κ3) is 2.51. The van der Waals surface area contributed by atoms with Crippen molar-refractivity contribution in [2.45, 2.75) is 31.7 Å². The van der Waals surface area contributed by atoms with E-state index >= 15 is 0 Å². The van der Waals surface area contributed by atoms with Crippen LogP contribution in [-0.2, 0) is 0 Å². The molecule has 3 heteroatoms. The molecule has 0 aromatic carbocycles. The molecule has 0 bridgehead atoms. The molecule has 2 rings (SSSR count). The Morgan fingerprint density at radius 3 is 2.93 bits per heavy atom. The Balaban J connectivity index is 1.88. The average molecular weight is 194 g/mol. The number of nitrogens with one attached hydrogen (secondary N) is 1.